The first-order valence-corrected chi connectivity index (χ1v) is 6.82. The van der Waals surface area contributed by atoms with Crippen molar-refractivity contribution in [1.29, 1.82) is 0 Å². The molecule has 1 aromatic heterocycles. The van der Waals surface area contributed by atoms with E-state index < -0.39 is 0 Å². The summed E-state index contributed by atoms with van der Waals surface area (Å²) in [4.78, 5) is 16.3. The van der Waals surface area contributed by atoms with Crippen molar-refractivity contribution in [2.75, 3.05) is 5.32 Å². The van der Waals surface area contributed by atoms with Crippen LogP contribution in [0.3, 0.4) is 0 Å². The second-order valence-electron chi connectivity index (χ2n) is 4.98. The Labute approximate surface area is 116 Å². The van der Waals surface area contributed by atoms with Crippen molar-refractivity contribution in [1.82, 2.24) is 9.55 Å². The minimum absolute atomic E-state index is 0.0349. The van der Waals surface area contributed by atoms with Gasteiger partial charge >= 0.3 is 0 Å². The van der Waals surface area contributed by atoms with Crippen LogP contribution in [0.2, 0.25) is 0 Å². The smallest absolute Gasteiger partial charge is 0.230 e. The topological polar surface area (TPSA) is 46.9 Å². The Hall–Kier alpha value is -2.17. The van der Waals surface area contributed by atoms with Crippen LogP contribution in [0.4, 0.5) is 10.2 Å². The van der Waals surface area contributed by atoms with Crippen molar-refractivity contribution >= 4 is 11.7 Å². The fraction of sp³-hybridized carbons (Fsp3) is 0.333. The highest BCUT2D eigenvalue weighted by atomic mass is 19.1. The number of anilines is 1. The molecule has 0 aliphatic carbocycles. The molecule has 1 aliphatic heterocycles. The molecule has 1 aliphatic rings. The average molecular weight is 273 g/mol. The van der Waals surface area contributed by atoms with Crippen LogP contribution in [-0.2, 0) is 24.2 Å². The number of nitrogens with zero attached hydrogens (tertiary/aromatic N) is 2. The van der Waals surface area contributed by atoms with E-state index >= 15 is 0 Å². The lowest BCUT2D eigenvalue weighted by atomic mass is 10.1. The van der Waals surface area contributed by atoms with E-state index in [1.165, 1.54) is 6.07 Å². The van der Waals surface area contributed by atoms with Crippen LogP contribution in [-0.4, -0.2) is 15.5 Å². The van der Waals surface area contributed by atoms with Gasteiger partial charge in [-0.3, -0.25) is 4.79 Å². The maximum absolute atomic E-state index is 13.5. The Kier molecular flexibility index (Phi) is 3.50. The Morgan fingerprint density at radius 1 is 1.35 bits per heavy atom. The predicted molar refractivity (Wildman–Crippen MR) is 73.9 cm³/mol. The van der Waals surface area contributed by atoms with E-state index in [0.29, 0.717) is 11.4 Å². The highest BCUT2D eigenvalue weighted by molar-refractivity contribution is 5.91. The summed E-state index contributed by atoms with van der Waals surface area (Å²) >= 11 is 0. The molecular weight excluding hydrogens is 257 g/mol. The van der Waals surface area contributed by atoms with E-state index in [1.54, 1.807) is 24.4 Å². The lowest BCUT2D eigenvalue weighted by Gasteiger charge is -2.16. The number of benzene rings is 1. The van der Waals surface area contributed by atoms with E-state index in [9.17, 15) is 9.18 Å². The monoisotopic (exact) mass is 273 g/mol. The Bertz CT molecular complexity index is 636. The summed E-state index contributed by atoms with van der Waals surface area (Å²) in [6, 6.07) is 6.33. The molecular formula is C15H16FN3O. The average Bonchev–Trinajstić information content (AvgIpc) is 2.85. The second kappa shape index (κ2) is 5.45. The largest absolute Gasteiger partial charge is 0.315 e. The molecule has 5 heteroatoms. The highest BCUT2D eigenvalue weighted by Gasteiger charge is 2.16. The zero-order valence-electron chi connectivity index (χ0n) is 11.1. The third-order valence-corrected chi connectivity index (χ3v) is 3.55. The van der Waals surface area contributed by atoms with Crippen LogP contribution < -0.4 is 5.32 Å². The van der Waals surface area contributed by atoms with Gasteiger partial charge in [0, 0.05) is 13.0 Å². The van der Waals surface area contributed by atoms with E-state index in [-0.39, 0.29) is 18.1 Å². The van der Waals surface area contributed by atoms with Gasteiger partial charge in [-0.05, 0) is 24.5 Å². The number of aryl methyl sites for hydroxylation is 1. The summed E-state index contributed by atoms with van der Waals surface area (Å²) in [7, 11) is 0. The molecule has 20 heavy (non-hydrogen) atoms. The molecule has 0 saturated carbocycles. The first kappa shape index (κ1) is 12.8. The number of halogens is 1. The molecule has 0 saturated heterocycles. The normalized spacial score (nSPS) is 13.8. The molecule has 2 aromatic rings. The molecule has 0 spiro atoms. The minimum Gasteiger partial charge on any atom is -0.315 e. The van der Waals surface area contributed by atoms with Gasteiger partial charge in [-0.15, -0.1) is 0 Å². The summed E-state index contributed by atoms with van der Waals surface area (Å²) in [6.07, 6.45) is 4.90. The van der Waals surface area contributed by atoms with E-state index in [0.717, 1.165) is 31.6 Å². The van der Waals surface area contributed by atoms with Gasteiger partial charge in [0.1, 0.15) is 17.5 Å². The number of hydrogen-bond donors (Lipinski definition) is 1. The van der Waals surface area contributed by atoms with Crippen molar-refractivity contribution in [3.05, 3.63) is 47.7 Å². The van der Waals surface area contributed by atoms with E-state index in [1.807, 2.05) is 4.57 Å². The van der Waals surface area contributed by atoms with Gasteiger partial charge in [-0.1, -0.05) is 18.2 Å². The lowest BCUT2D eigenvalue weighted by Crippen LogP contribution is -2.19. The van der Waals surface area contributed by atoms with Gasteiger partial charge in [-0.25, -0.2) is 9.37 Å². The maximum Gasteiger partial charge on any atom is 0.230 e. The third-order valence-electron chi connectivity index (χ3n) is 3.55. The Morgan fingerprint density at radius 3 is 3.05 bits per heavy atom. The van der Waals surface area contributed by atoms with E-state index in [4.69, 9.17) is 0 Å². The molecule has 0 radical (unpaired) electrons. The van der Waals surface area contributed by atoms with Gasteiger partial charge in [0.2, 0.25) is 5.91 Å². The number of carbonyl (C=O) groups is 1. The first-order chi connectivity index (χ1) is 9.74. The van der Waals surface area contributed by atoms with Gasteiger partial charge in [0.15, 0.2) is 0 Å². The van der Waals surface area contributed by atoms with Crippen molar-refractivity contribution in [2.24, 2.45) is 0 Å². The quantitative estimate of drug-likeness (QED) is 0.934. The van der Waals surface area contributed by atoms with Gasteiger partial charge in [-0.2, -0.15) is 0 Å². The van der Waals surface area contributed by atoms with Crippen molar-refractivity contribution in [3.63, 3.8) is 0 Å². The summed E-state index contributed by atoms with van der Waals surface area (Å²) in [5.41, 5.74) is 0.406. The maximum atomic E-state index is 13.5. The lowest BCUT2D eigenvalue weighted by molar-refractivity contribution is -0.115. The van der Waals surface area contributed by atoms with Crippen molar-refractivity contribution in [3.8, 4) is 0 Å². The minimum atomic E-state index is -0.349. The predicted octanol–water partition coefficient (Wildman–Crippen LogP) is 2.54. The third kappa shape index (κ3) is 2.57. The summed E-state index contributed by atoms with van der Waals surface area (Å²) in [5, 5.41) is 2.82. The van der Waals surface area contributed by atoms with Crippen LogP contribution in [0.15, 0.2) is 30.5 Å². The summed E-state index contributed by atoms with van der Waals surface area (Å²) < 4.78 is 15.5. The number of fused-ring (bicyclic) bond motifs is 1. The number of nitrogens with one attached hydrogen (secondary N) is 1. The zero-order chi connectivity index (χ0) is 13.9. The second-order valence-corrected chi connectivity index (χ2v) is 4.98. The molecule has 0 fully saturated rings. The summed E-state index contributed by atoms with van der Waals surface area (Å²) in [6.45, 7) is 0.880. The first-order valence-electron chi connectivity index (χ1n) is 6.82. The van der Waals surface area contributed by atoms with Crippen LogP contribution in [0, 0.1) is 5.82 Å². The fourth-order valence-electron chi connectivity index (χ4n) is 2.52. The van der Waals surface area contributed by atoms with Crippen molar-refractivity contribution < 1.29 is 9.18 Å². The number of hydrogen-bond acceptors (Lipinski definition) is 2. The Morgan fingerprint density at radius 2 is 2.20 bits per heavy atom. The number of imidazole rings is 1. The number of rotatable bonds is 3. The molecule has 0 unspecified atom stereocenters. The molecule has 1 aromatic carbocycles. The molecule has 0 atom stereocenters. The SMILES string of the molecule is O=C(Cc1ccccc1F)Nc1cnc2n1CCCC2. The fourth-order valence-corrected chi connectivity index (χ4v) is 2.52. The highest BCUT2D eigenvalue weighted by Crippen LogP contribution is 2.19. The van der Waals surface area contributed by atoms with Crippen molar-refractivity contribution in [2.45, 2.75) is 32.2 Å². The standard InChI is InChI=1S/C15H16FN3O/c16-12-6-2-1-5-11(12)9-15(20)18-14-10-17-13-7-3-4-8-19(13)14/h1-2,5-6,10H,3-4,7-9H2,(H,18,20). The summed E-state index contributed by atoms with van der Waals surface area (Å²) in [5.74, 6) is 1.15. The van der Waals surface area contributed by atoms with Crippen LogP contribution in [0.25, 0.3) is 0 Å². The Balaban J connectivity index is 1.70. The number of aromatic nitrogens is 2. The van der Waals surface area contributed by atoms with Crippen LogP contribution in [0.1, 0.15) is 24.2 Å². The zero-order valence-corrected chi connectivity index (χ0v) is 11.1. The molecule has 3 rings (SSSR count). The molecule has 104 valence electrons. The molecule has 2 heterocycles. The van der Waals surface area contributed by atoms with Crippen LogP contribution >= 0.6 is 0 Å². The molecule has 0 bridgehead atoms. The molecule has 1 N–H and O–H groups in total. The van der Waals surface area contributed by atoms with Gasteiger partial charge in [0.25, 0.3) is 0 Å². The number of carbonyl (C=O) groups excluding carboxylic acids is 1. The van der Waals surface area contributed by atoms with E-state index in [2.05, 4.69) is 10.3 Å². The van der Waals surface area contributed by atoms with Gasteiger partial charge in [0.05, 0.1) is 12.6 Å². The number of amides is 1. The molecule has 4 nitrogen and oxygen atoms in total. The molecule has 1 amide bonds. The van der Waals surface area contributed by atoms with Crippen LogP contribution in [0.5, 0.6) is 0 Å². The van der Waals surface area contributed by atoms with Gasteiger partial charge < -0.3 is 9.88 Å².